The van der Waals surface area contributed by atoms with Gasteiger partial charge in [0.2, 0.25) is 10.0 Å². The van der Waals surface area contributed by atoms with E-state index in [1.807, 2.05) is 0 Å². The molecule has 2 heterocycles. The van der Waals surface area contributed by atoms with Crippen molar-refractivity contribution < 1.29 is 26.7 Å². The van der Waals surface area contributed by atoms with Crippen LogP contribution >= 0.6 is 0 Å². The van der Waals surface area contributed by atoms with Gasteiger partial charge in [0.25, 0.3) is 0 Å². The Kier molecular flexibility index (Phi) is 3.90. The second kappa shape index (κ2) is 5.02. The molecule has 2 fully saturated rings. The van der Waals surface area contributed by atoms with Gasteiger partial charge in [0.15, 0.2) is 9.84 Å². The maximum absolute atomic E-state index is 12.3. The van der Waals surface area contributed by atoms with E-state index >= 15 is 0 Å². The fourth-order valence-electron chi connectivity index (χ4n) is 2.56. The first-order valence-corrected chi connectivity index (χ1v) is 9.47. The zero-order chi connectivity index (χ0) is 14.3. The molecule has 2 aliphatic heterocycles. The van der Waals surface area contributed by atoms with E-state index in [0.717, 1.165) is 0 Å². The summed E-state index contributed by atoms with van der Waals surface area (Å²) in [5.74, 6) is -1.80. The average Bonchev–Trinajstić information content (AvgIpc) is 2.70. The first kappa shape index (κ1) is 14.7. The maximum Gasteiger partial charge on any atom is 0.306 e. The Balaban J connectivity index is 2.04. The number of sulfonamides is 1. The molecule has 2 saturated heterocycles. The fourth-order valence-corrected chi connectivity index (χ4v) is 7.12. The molecular weight excluding hydrogens is 294 g/mol. The van der Waals surface area contributed by atoms with Gasteiger partial charge in [-0.15, -0.1) is 0 Å². The summed E-state index contributed by atoms with van der Waals surface area (Å²) in [4.78, 5) is 10.8. The van der Waals surface area contributed by atoms with Crippen LogP contribution in [0.1, 0.15) is 19.3 Å². The molecule has 110 valence electrons. The number of carboxylic acids is 1. The van der Waals surface area contributed by atoms with Crippen molar-refractivity contribution in [2.45, 2.75) is 24.5 Å². The number of hydrogen-bond donors (Lipinski definition) is 1. The first-order chi connectivity index (χ1) is 8.72. The van der Waals surface area contributed by atoms with E-state index in [0.29, 0.717) is 0 Å². The van der Waals surface area contributed by atoms with Crippen LogP contribution in [0.2, 0.25) is 0 Å². The summed E-state index contributed by atoms with van der Waals surface area (Å²) < 4.78 is 48.5. The molecular formula is C10H17NO6S2. The number of hydrogen-bond acceptors (Lipinski definition) is 5. The highest BCUT2D eigenvalue weighted by atomic mass is 32.2. The number of rotatable bonds is 3. The molecule has 0 bridgehead atoms. The van der Waals surface area contributed by atoms with Gasteiger partial charge in [0.1, 0.15) is 0 Å². The number of sulfone groups is 1. The van der Waals surface area contributed by atoms with E-state index in [2.05, 4.69) is 0 Å². The summed E-state index contributed by atoms with van der Waals surface area (Å²) in [6.45, 7) is 0.325. The molecule has 0 aromatic rings. The second-order valence-electron chi connectivity index (χ2n) is 5.08. The molecule has 0 amide bonds. The molecule has 0 aromatic carbocycles. The summed E-state index contributed by atoms with van der Waals surface area (Å²) in [7, 11) is -6.86. The molecule has 0 aliphatic carbocycles. The van der Waals surface area contributed by atoms with E-state index in [9.17, 15) is 21.6 Å². The molecule has 2 rings (SSSR count). The van der Waals surface area contributed by atoms with E-state index in [-0.39, 0.29) is 43.9 Å². The lowest BCUT2D eigenvalue weighted by atomic mass is 9.99. The van der Waals surface area contributed by atoms with E-state index in [1.165, 1.54) is 4.31 Å². The highest BCUT2D eigenvalue weighted by Crippen LogP contribution is 2.26. The number of piperidine rings is 1. The molecule has 0 radical (unpaired) electrons. The average molecular weight is 311 g/mol. The van der Waals surface area contributed by atoms with Gasteiger partial charge in [0.05, 0.1) is 22.7 Å². The monoisotopic (exact) mass is 311 g/mol. The first-order valence-electron chi connectivity index (χ1n) is 6.14. The zero-order valence-corrected chi connectivity index (χ0v) is 12.0. The Bertz CT molecular complexity index is 559. The Hall–Kier alpha value is -0.670. The van der Waals surface area contributed by atoms with Gasteiger partial charge in [-0.1, -0.05) is 0 Å². The van der Waals surface area contributed by atoms with Gasteiger partial charge in [-0.25, -0.2) is 21.1 Å². The van der Waals surface area contributed by atoms with Crippen LogP contribution < -0.4 is 0 Å². The maximum atomic E-state index is 12.3. The molecule has 1 unspecified atom stereocenters. The van der Waals surface area contributed by atoms with Gasteiger partial charge in [-0.2, -0.15) is 0 Å². The lowest BCUT2D eigenvalue weighted by Crippen LogP contribution is -2.44. The third-order valence-electron chi connectivity index (χ3n) is 3.77. The number of aliphatic carboxylic acids is 1. The number of carboxylic acid groups (broad SMARTS) is 1. The van der Waals surface area contributed by atoms with Crippen molar-refractivity contribution in [2.75, 3.05) is 24.6 Å². The van der Waals surface area contributed by atoms with Crippen LogP contribution in [-0.4, -0.2) is 62.1 Å². The third-order valence-corrected chi connectivity index (χ3v) is 8.08. The summed E-state index contributed by atoms with van der Waals surface area (Å²) in [6, 6.07) is 0. The van der Waals surface area contributed by atoms with Crippen molar-refractivity contribution in [3.05, 3.63) is 0 Å². The summed E-state index contributed by atoms with van der Waals surface area (Å²) in [6.07, 6.45) is 0.714. The van der Waals surface area contributed by atoms with Crippen LogP contribution in [-0.2, 0) is 24.7 Å². The minimum atomic E-state index is -3.62. The standard InChI is InChI=1S/C10H17NO6S2/c12-10(13)8-1-4-11(5-2-8)19(16,17)9-3-6-18(14,15)7-9/h8-9H,1-7H2,(H,12,13). The Morgan fingerprint density at radius 3 is 2.16 bits per heavy atom. The molecule has 1 atom stereocenters. The Morgan fingerprint density at radius 1 is 1.16 bits per heavy atom. The van der Waals surface area contributed by atoms with Crippen LogP contribution in [0.15, 0.2) is 0 Å². The lowest BCUT2D eigenvalue weighted by molar-refractivity contribution is -0.142. The van der Waals surface area contributed by atoms with Crippen LogP contribution in [0.5, 0.6) is 0 Å². The summed E-state index contributed by atoms with van der Waals surface area (Å²) in [5, 5.41) is 8.00. The molecule has 0 saturated carbocycles. The molecule has 0 aromatic heterocycles. The van der Waals surface area contributed by atoms with Crippen LogP contribution in [0.3, 0.4) is 0 Å². The number of carbonyl (C=O) groups is 1. The van der Waals surface area contributed by atoms with Crippen molar-refractivity contribution in [2.24, 2.45) is 5.92 Å². The normalized spacial score (nSPS) is 29.4. The number of nitrogens with zero attached hydrogens (tertiary/aromatic N) is 1. The van der Waals surface area contributed by atoms with Crippen molar-refractivity contribution in [3.8, 4) is 0 Å². The van der Waals surface area contributed by atoms with Gasteiger partial charge in [-0.3, -0.25) is 4.79 Å². The van der Waals surface area contributed by atoms with E-state index in [1.54, 1.807) is 0 Å². The van der Waals surface area contributed by atoms with Crippen molar-refractivity contribution in [1.29, 1.82) is 0 Å². The Labute approximate surface area is 112 Å². The third kappa shape index (κ3) is 3.09. The Morgan fingerprint density at radius 2 is 1.74 bits per heavy atom. The van der Waals surface area contributed by atoms with Crippen molar-refractivity contribution in [3.63, 3.8) is 0 Å². The predicted octanol–water partition coefficient (Wildman–Crippen LogP) is -0.700. The lowest BCUT2D eigenvalue weighted by Gasteiger charge is -2.31. The highest BCUT2D eigenvalue weighted by molar-refractivity contribution is 7.95. The van der Waals surface area contributed by atoms with Crippen LogP contribution in [0.25, 0.3) is 0 Å². The van der Waals surface area contributed by atoms with Gasteiger partial charge >= 0.3 is 5.97 Å². The topological polar surface area (TPSA) is 109 Å². The zero-order valence-electron chi connectivity index (χ0n) is 10.4. The quantitative estimate of drug-likeness (QED) is 0.738. The van der Waals surface area contributed by atoms with Crippen LogP contribution in [0, 0.1) is 5.92 Å². The largest absolute Gasteiger partial charge is 0.481 e. The molecule has 2 aliphatic rings. The fraction of sp³-hybridized carbons (Fsp3) is 0.900. The van der Waals surface area contributed by atoms with E-state index < -0.39 is 37.0 Å². The van der Waals surface area contributed by atoms with Crippen LogP contribution in [0.4, 0.5) is 0 Å². The minimum Gasteiger partial charge on any atom is -0.481 e. The minimum absolute atomic E-state index is 0.0809. The smallest absolute Gasteiger partial charge is 0.306 e. The second-order valence-corrected chi connectivity index (χ2v) is 9.52. The molecule has 7 nitrogen and oxygen atoms in total. The van der Waals surface area contributed by atoms with E-state index in [4.69, 9.17) is 5.11 Å². The highest BCUT2D eigenvalue weighted by Gasteiger charge is 2.41. The van der Waals surface area contributed by atoms with Crippen molar-refractivity contribution >= 4 is 25.8 Å². The van der Waals surface area contributed by atoms with Gasteiger partial charge in [-0.05, 0) is 19.3 Å². The van der Waals surface area contributed by atoms with Crippen molar-refractivity contribution in [1.82, 2.24) is 4.31 Å². The van der Waals surface area contributed by atoms with Gasteiger partial charge in [0, 0.05) is 13.1 Å². The summed E-state index contributed by atoms with van der Waals surface area (Å²) >= 11 is 0. The summed E-state index contributed by atoms with van der Waals surface area (Å²) in [5.41, 5.74) is 0. The molecule has 1 N–H and O–H groups in total. The molecule has 0 spiro atoms. The molecule has 19 heavy (non-hydrogen) atoms. The molecule has 9 heteroatoms. The van der Waals surface area contributed by atoms with Gasteiger partial charge < -0.3 is 5.11 Å². The predicted molar refractivity (Wildman–Crippen MR) is 67.9 cm³/mol. The SMILES string of the molecule is O=C(O)C1CCN(S(=O)(=O)C2CCS(=O)(=O)C2)CC1.